The van der Waals surface area contributed by atoms with Gasteiger partial charge in [-0.15, -0.1) is 0 Å². The third kappa shape index (κ3) is 3.57. The summed E-state index contributed by atoms with van der Waals surface area (Å²) in [6.45, 7) is 6.53. The van der Waals surface area contributed by atoms with E-state index >= 15 is 0 Å². The second-order valence-electron chi connectivity index (χ2n) is 5.13. The zero-order valence-electron chi connectivity index (χ0n) is 12.6. The van der Waals surface area contributed by atoms with Crippen LogP contribution in [0.3, 0.4) is 0 Å². The van der Waals surface area contributed by atoms with Crippen LogP contribution >= 0.6 is 0 Å². The van der Waals surface area contributed by atoms with E-state index in [-0.39, 0.29) is 0 Å². The molecule has 0 fully saturated rings. The van der Waals surface area contributed by atoms with Crippen molar-refractivity contribution in [2.45, 2.75) is 39.7 Å². The average Bonchev–Trinajstić information content (AvgIpc) is 2.53. The summed E-state index contributed by atoms with van der Waals surface area (Å²) in [4.78, 5) is 4.80. The zero-order valence-corrected chi connectivity index (χ0v) is 12.6. The van der Waals surface area contributed by atoms with Crippen molar-refractivity contribution in [1.82, 2.24) is 0 Å². The highest BCUT2D eigenvalue weighted by Crippen LogP contribution is 2.20. The molecule has 0 saturated carbocycles. The van der Waals surface area contributed by atoms with Gasteiger partial charge in [0.2, 0.25) is 0 Å². The van der Waals surface area contributed by atoms with E-state index in [0.29, 0.717) is 6.04 Å². The summed E-state index contributed by atoms with van der Waals surface area (Å²) in [5.41, 5.74) is 4.97. The lowest BCUT2D eigenvalue weighted by Crippen LogP contribution is -2.05. The van der Waals surface area contributed by atoms with E-state index in [1.54, 1.807) is 0 Å². The number of hydrogen-bond acceptors (Lipinski definition) is 1. The molecule has 0 heterocycles. The second-order valence-corrected chi connectivity index (χ2v) is 5.13. The normalized spacial score (nSPS) is 13.2. The predicted octanol–water partition coefficient (Wildman–Crippen LogP) is 5.35. The van der Waals surface area contributed by atoms with Crippen molar-refractivity contribution in [3.63, 3.8) is 0 Å². The van der Waals surface area contributed by atoms with Gasteiger partial charge in [-0.05, 0) is 36.5 Å². The van der Waals surface area contributed by atoms with Gasteiger partial charge in [0.05, 0.1) is 0 Å². The van der Waals surface area contributed by atoms with Gasteiger partial charge in [-0.1, -0.05) is 68.4 Å². The molecule has 0 aromatic heterocycles. The van der Waals surface area contributed by atoms with Crippen LogP contribution in [-0.2, 0) is 0 Å². The first-order valence-electron chi connectivity index (χ1n) is 7.47. The van der Waals surface area contributed by atoms with Crippen molar-refractivity contribution in [1.29, 1.82) is 0 Å². The van der Waals surface area contributed by atoms with Crippen LogP contribution in [0.2, 0.25) is 0 Å². The number of rotatable bonds is 5. The summed E-state index contributed by atoms with van der Waals surface area (Å²) in [5, 5.41) is 0. The van der Waals surface area contributed by atoms with Crippen molar-refractivity contribution < 1.29 is 0 Å². The van der Waals surface area contributed by atoms with Gasteiger partial charge in [-0.3, -0.25) is 4.99 Å². The van der Waals surface area contributed by atoms with Crippen LogP contribution < -0.4 is 0 Å². The lowest BCUT2D eigenvalue weighted by atomic mass is 10.0. The second kappa shape index (κ2) is 7.04. The molecule has 0 spiro atoms. The van der Waals surface area contributed by atoms with Crippen molar-refractivity contribution in [3.05, 3.63) is 60.2 Å². The number of benzene rings is 2. The molecule has 1 unspecified atom stereocenters. The Balaban J connectivity index is 2.25. The molecule has 104 valence electrons. The third-order valence-corrected chi connectivity index (χ3v) is 3.63. The molecule has 0 N–H and O–H groups in total. The lowest BCUT2D eigenvalue weighted by molar-refractivity contribution is 0.715. The van der Waals surface area contributed by atoms with Crippen molar-refractivity contribution >= 4 is 5.71 Å². The largest absolute Gasteiger partial charge is 0.286 e. The first-order chi connectivity index (χ1) is 9.74. The molecular weight excluding hydrogens is 242 g/mol. The predicted molar refractivity (Wildman–Crippen MR) is 88.5 cm³/mol. The van der Waals surface area contributed by atoms with Crippen LogP contribution in [0, 0.1) is 0 Å². The van der Waals surface area contributed by atoms with Gasteiger partial charge in [0.25, 0.3) is 0 Å². The van der Waals surface area contributed by atoms with Gasteiger partial charge in [0.15, 0.2) is 0 Å². The minimum absolute atomic E-state index is 0.402. The van der Waals surface area contributed by atoms with E-state index in [2.05, 4.69) is 69.3 Å². The Morgan fingerprint density at radius 2 is 1.50 bits per heavy atom. The van der Waals surface area contributed by atoms with E-state index in [4.69, 9.17) is 4.99 Å². The maximum atomic E-state index is 4.80. The Hall–Kier alpha value is -1.89. The standard InChI is InChI=1S/C19H23N/c1-4-15(3)20-19(5-2)18-13-11-17(12-14-18)16-9-7-6-8-10-16/h6-15H,4-5H2,1-3H3/b20-19+. The van der Waals surface area contributed by atoms with Gasteiger partial charge in [-0.2, -0.15) is 0 Å². The molecule has 2 aromatic rings. The fourth-order valence-electron chi connectivity index (χ4n) is 2.21. The lowest BCUT2D eigenvalue weighted by Gasteiger charge is -2.09. The Kier molecular flexibility index (Phi) is 5.11. The van der Waals surface area contributed by atoms with Crippen LogP contribution in [0.25, 0.3) is 11.1 Å². The highest BCUT2D eigenvalue weighted by atomic mass is 14.8. The Bertz CT molecular complexity index is 552. The molecule has 0 aliphatic rings. The van der Waals surface area contributed by atoms with Crippen LogP contribution in [0.5, 0.6) is 0 Å². The van der Waals surface area contributed by atoms with E-state index in [0.717, 1.165) is 12.8 Å². The molecule has 0 radical (unpaired) electrons. The molecule has 20 heavy (non-hydrogen) atoms. The van der Waals surface area contributed by atoms with Gasteiger partial charge < -0.3 is 0 Å². The molecule has 0 aliphatic heterocycles. The SMILES string of the molecule is CC/C(=N\C(C)CC)c1ccc(-c2ccccc2)cc1. The van der Waals surface area contributed by atoms with E-state index < -0.39 is 0 Å². The first-order valence-corrected chi connectivity index (χ1v) is 7.47. The van der Waals surface area contributed by atoms with Gasteiger partial charge >= 0.3 is 0 Å². The highest BCUT2D eigenvalue weighted by molar-refractivity contribution is 6.00. The average molecular weight is 265 g/mol. The number of hydrogen-bond donors (Lipinski definition) is 0. The smallest absolute Gasteiger partial charge is 0.0472 e. The summed E-state index contributed by atoms with van der Waals surface area (Å²) in [5.74, 6) is 0. The molecule has 0 saturated heterocycles. The Labute approximate surface area is 122 Å². The molecule has 0 amide bonds. The van der Waals surface area contributed by atoms with E-state index in [1.807, 2.05) is 6.07 Å². The molecule has 1 atom stereocenters. The maximum absolute atomic E-state index is 4.80. The summed E-state index contributed by atoms with van der Waals surface area (Å²) in [6.07, 6.45) is 2.07. The molecule has 0 bridgehead atoms. The van der Waals surface area contributed by atoms with Crippen LogP contribution in [-0.4, -0.2) is 11.8 Å². The van der Waals surface area contributed by atoms with Crippen molar-refractivity contribution in [3.8, 4) is 11.1 Å². The number of nitrogens with zero attached hydrogens (tertiary/aromatic N) is 1. The summed E-state index contributed by atoms with van der Waals surface area (Å²) >= 11 is 0. The summed E-state index contributed by atoms with van der Waals surface area (Å²) < 4.78 is 0. The topological polar surface area (TPSA) is 12.4 Å². The van der Waals surface area contributed by atoms with E-state index in [1.165, 1.54) is 22.4 Å². The summed E-state index contributed by atoms with van der Waals surface area (Å²) in [7, 11) is 0. The quantitative estimate of drug-likeness (QED) is 0.646. The monoisotopic (exact) mass is 265 g/mol. The van der Waals surface area contributed by atoms with Crippen LogP contribution in [0.4, 0.5) is 0 Å². The Morgan fingerprint density at radius 3 is 2.05 bits per heavy atom. The molecular formula is C19H23N. The zero-order chi connectivity index (χ0) is 14.4. The van der Waals surface area contributed by atoms with Crippen molar-refractivity contribution in [2.24, 2.45) is 4.99 Å². The molecule has 2 rings (SSSR count). The first kappa shape index (κ1) is 14.5. The van der Waals surface area contributed by atoms with Crippen molar-refractivity contribution in [2.75, 3.05) is 0 Å². The van der Waals surface area contributed by atoms with Crippen LogP contribution in [0.15, 0.2) is 59.6 Å². The number of aliphatic imine (C=N–C) groups is 1. The maximum Gasteiger partial charge on any atom is 0.0472 e. The minimum Gasteiger partial charge on any atom is -0.286 e. The Morgan fingerprint density at radius 1 is 0.900 bits per heavy atom. The third-order valence-electron chi connectivity index (χ3n) is 3.63. The van der Waals surface area contributed by atoms with Gasteiger partial charge in [0.1, 0.15) is 0 Å². The molecule has 2 aromatic carbocycles. The van der Waals surface area contributed by atoms with Crippen LogP contribution in [0.1, 0.15) is 39.2 Å². The highest BCUT2D eigenvalue weighted by Gasteiger charge is 2.04. The van der Waals surface area contributed by atoms with E-state index in [9.17, 15) is 0 Å². The molecule has 0 aliphatic carbocycles. The fraction of sp³-hybridized carbons (Fsp3) is 0.316. The fourth-order valence-corrected chi connectivity index (χ4v) is 2.21. The molecule has 1 heteroatoms. The van der Waals surface area contributed by atoms with Gasteiger partial charge in [0, 0.05) is 11.8 Å². The summed E-state index contributed by atoms with van der Waals surface area (Å²) in [6, 6.07) is 19.6. The minimum atomic E-state index is 0.402. The molecule has 1 nitrogen and oxygen atoms in total. The van der Waals surface area contributed by atoms with Gasteiger partial charge in [-0.25, -0.2) is 0 Å².